The van der Waals surface area contributed by atoms with Gasteiger partial charge in [0.2, 0.25) is 11.5 Å². The minimum Gasteiger partial charge on any atom is -0.475 e. The van der Waals surface area contributed by atoms with E-state index in [0.717, 1.165) is 24.7 Å². The molecule has 16 heavy (non-hydrogen) atoms. The molecule has 0 spiro atoms. The standard InChI is InChI=1S/C12H12O4/c13-11(8-4-6-3-7(6)5-8)9-1-2-10(16-9)12(14)15/h1-2,6-8H,3-5H2,(H,14,15). The minimum absolute atomic E-state index is 0.0281. The third-order valence-corrected chi connectivity index (χ3v) is 3.67. The maximum absolute atomic E-state index is 12.0. The number of hydrogen-bond acceptors (Lipinski definition) is 3. The van der Waals surface area contributed by atoms with Crippen molar-refractivity contribution in [2.45, 2.75) is 19.3 Å². The molecule has 1 aromatic heterocycles. The van der Waals surface area contributed by atoms with Gasteiger partial charge >= 0.3 is 5.97 Å². The second kappa shape index (κ2) is 3.20. The fraction of sp³-hybridized carbons (Fsp3) is 0.500. The molecule has 2 unspecified atom stereocenters. The monoisotopic (exact) mass is 220 g/mol. The summed E-state index contributed by atoms with van der Waals surface area (Å²) in [5.74, 6) is 0.408. The second-order valence-corrected chi connectivity index (χ2v) is 4.76. The molecule has 1 N–H and O–H groups in total. The number of hydrogen-bond donors (Lipinski definition) is 1. The first-order chi connectivity index (χ1) is 7.65. The number of carboxylic acid groups (broad SMARTS) is 1. The maximum atomic E-state index is 12.0. The molecule has 2 aliphatic rings. The molecule has 2 aliphatic carbocycles. The quantitative estimate of drug-likeness (QED) is 0.793. The average Bonchev–Trinajstić information content (AvgIpc) is 2.72. The number of carboxylic acids is 1. The molecule has 0 radical (unpaired) electrons. The van der Waals surface area contributed by atoms with E-state index in [1.165, 1.54) is 18.6 Å². The molecule has 2 saturated carbocycles. The van der Waals surface area contributed by atoms with Gasteiger partial charge in [0.25, 0.3) is 0 Å². The van der Waals surface area contributed by atoms with E-state index >= 15 is 0 Å². The Balaban J connectivity index is 1.75. The lowest BCUT2D eigenvalue weighted by Gasteiger charge is -2.07. The lowest BCUT2D eigenvalue weighted by atomic mass is 9.97. The van der Waals surface area contributed by atoms with Crippen molar-refractivity contribution in [3.63, 3.8) is 0 Å². The van der Waals surface area contributed by atoms with Gasteiger partial charge in [-0.3, -0.25) is 4.79 Å². The highest BCUT2D eigenvalue weighted by atomic mass is 16.4. The van der Waals surface area contributed by atoms with Crippen LogP contribution in [0.15, 0.2) is 16.5 Å². The molecule has 0 bridgehead atoms. The highest BCUT2D eigenvalue weighted by Crippen LogP contribution is 2.54. The number of aromatic carboxylic acids is 1. The van der Waals surface area contributed by atoms with Crippen LogP contribution in [0.1, 0.15) is 40.4 Å². The lowest BCUT2D eigenvalue weighted by molar-refractivity contribution is 0.0658. The van der Waals surface area contributed by atoms with Crippen LogP contribution in [0.25, 0.3) is 0 Å². The van der Waals surface area contributed by atoms with Crippen molar-refractivity contribution < 1.29 is 19.1 Å². The number of furan rings is 1. The van der Waals surface area contributed by atoms with E-state index in [-0.39, 0.29) is 23.2 Å². The minimum atomic E-state index is -1.13. The second-order valence-electron chi connectivity index (χ2n) is 4.76. The van der Waals surface area contributed by atoms with Gasteiger partial charge in [0, 0.05) is 5.92 Å². The molecule has 0 amide bonds. The molecule has 0 saturated heterocycles. The van der Waals surface area contributed by atoms with Gasteiger partial charge in [-0.05, 0) is 43.2 Å². The van der Waals surface area contributed by atoms with E-state index in [4.69, 9.17) is 9.52 Å². The van der Waals surface area contributed by atoms with Gasteiger partial charge in [0.1, 0.15) is 0 Å². The Morgan fingerprint density at radius 1 is 1.12 bits per heavy atom. The van der Waals surface area contributed by atoms with Gasteiger partial charge in [-0.1, -0.05) is 0 Å². The zero-order chi connectivity index (χ0) is 11.3. The Labute approximate surface area is 92.3 Å². The lowest BCUT2D eigenvalue weighted by Crippen LogP contribution is -2.12. The number of rotatable bonds is 3. The van der Waals surface area contributed by atoms with Crippen LogP contribution in [0.3, 0.4) is 0 Å². The average molecular weight is 220 g/mol. The smallest absolute Gasteiger partial charge is 0.371 e. The SMILES string of the molecule is O=C(O)c1ccc(C(=O)C2CC3CC3C2)o1. The summed E-state index contributed by atoms with van der Waals surface area (Å²) in [6.07, 6.45) is 3.17. The largest absolute Gasteiger partial charge is 0.475 e. The van der Waals surface area contributed by atoms with Crippen molar-refractivity contribution in [1.82, 2.24) is 0 Å². The number of Topliss-reactive ketones (excluding diaryl/α,β-unsaturated/α-hetero) is 1. The summed E-state index contributed by atoms with van der Waals surface area (Å²) in [5, 5.41) is 8.69. The first-order valence-corrected chi connectivity index (χ1v) is 5.52. The van der Waals surface area contributed by atoms with E-state index in [1.807, 2.05) is 0 Å². The van der Waals surface area contributed by atoms with Crippen LogP contribution in [-0.2, 0) is 0 Å². The topological polar surface area (TPSA) is 67.5 Å². The molecule has 4 heteroatoms. The summed E-state index contributed by atoms with van der Waals surface area (Å²) in [4.78, 5) is 22.6. The van der Waals surface area contributed by atoms with E-state index in [2.05, 4.69) is 0 Å². The van der Waals surface area contributed by atoms with Crippen molar-refractivity contribution in [3.8, 4) is 0 Å². The molecule has 2 atom stereocenters. The highest BCUT2D eigenvalue weighted by Gasteiger charge is 2.48. The molecular formula is C12H12O4. The number of ketones is 1. The normalized spacial score (nSPS) is 31.1. The van der Waals surface area contributed by atoms with E-state index in [1.54, 1.807) is 0 Å². The Bertz CT molecular complexity index is 449. The first-order valence-electron chi connectivity index (χ1n) is 5.52. The van der Waals surface area contributed by atoms with Gasteiger partial charge in [0.05, 0.1) is 0 Å². The fourth-order valence-corrected chi connectivity index (χ4v) is 2.72. The molecular weight excluding hydrogens is 208 g/mol. The van der Waals surface area contributed by atoms with Crippen LogP contribution in [0.5, 0.6) is 0 Å². The van der Waals surface area contributed by atoms with Crippen molar-refractivity contribution in [3.05, 3.63) is 23.7 Å². The van der Waals surface area contributed by atoms with Crippen LogP contribution >= 0.6 is 0 Å². The summed E-state index contributed by atoms with van der Waals surface area (Å²) in [6, 6.07) is 2.81. The summed E-state index contributed by atoms with van der Waals surface area (Å²) in [7, 11) is 0. The van der Waals surface area contributed by atoms with Gasteiger partial charge in [-0.25, -0.2) is 4.79 Å². The third-order valence-electron chi connectivity index (χ3n) is 3.67. The highest BCUT2D eigenvalue weighted by molar-refractivity contribution is 5.97. The Morgan fingerprint density at radius 2 is 1.75 bits per heavy atom. The molecule has 0 aliphatic heterocycles. The number of carbonyl (C=O) groups is 2. The molecule has 4 nitrogen and oxygen atoms in total. The van der Waals surface area contributed by atoms with Crippen LogP contribution in [0.2, 0.25) is 0 Å². The Morgan fingerprint density at radius 3 is 2.31 bits per heavy atom. The molecule has 2 fully saturated rings. The fourth-order valence-electron chi connectivity index (χ4n) is 2.72. The van der Waals surface area contributed by atoms with Crippen molar-refractivity contribution in [2.24, 2.45) is 17.8 Å². The van der Waals surface area contributed by atoms with Gasteiger partial charge < -0.3 is 9.52 Å². The number of fused-ring (bicyclic) bond motifs is 1. The molecule has 84 valence electrons. The summed E-state index contributed by atoms with van der Waals surface area (Å²) < 4.78 is 5.02. The van der Waals surface area contributed by atoms with E-state index in [9.17, 15) is 9.59 Å². The summed E-state index contributed by atoms with van der Waals surface area (Å²) in [6.45, 7) is 0. The maximum Gasteiger partial charge on any atom is 0.371 e. The third kappa shape index (κ3) is 1.45. The van der Waals surface area contributed by atoms with E-state index in [0.29, 0.717) is 0 Å². The number of carbonyl (C=O) groups excluding carboxylic acids is 1. The summed E-state index contributed by atoms with van der Waals surface area (Å²) >= 11 is 0. The van der Waals surface area contributed by atoms with Crippen LogP contribution in [-0.4, -0.2) is 16.9 Å². The summed E-state index contributed by atoms with van der Waals surface area (Å²) in [5.41, 5.74) is 0. The first kappa shape index (κ1) is 9.63. The Hall–Kier alpha value is -1.58. The van der Waals surface area contributed by atoms with Crippen LogP contribution in [0, 0.1) is 17.8 Å². The van der Waals surface area contributed by atoms with Crippen LogP contribution < -0.4 is 0 Å². The Kier molecular flexibility index (Phi) is 1.93. The van der Waals surface area contributed by atoms with Gasteiger partial charge in [0.15, 0.2) is 5.76 Å². The molecule has 0 aromatic carbocycles. The van der Waals surface area contributed by atoms with E-state index < -0.39 is 5.97 Å². The van der Waals surface area contributed by atoms with Crippen molar-refractivity contribution >= 4 is 11.8 Å². The van der Waals surface area contributed by atoms with Crippen LogP contribution in [0.4, 0.5) is 0 Å². The zero-order valence-corrected chi connectivity index (χ0v) is 8.68. The van der Waals surface area contributed by atoms with Gasteiger partial charge in [-0.15, -0.1) is 0 Å². The zero-order valence-electron chi connectivity index (χ0n) is 8.68. The van der Waals surface area contributed by atoms with Crippen molar-refractivity contribution in [2.75, 3.05) is 0 Å². The predicted molar refractivity (Wildman–Crippen MR) is 54.3 cm³/mol. The van der Waals surface area contributed by atoms with Gasteiger partial charge in [-0.2, -0.15) is 0 Å². The molecule has 3 rings (SSSR count). The molecule has 1 heterocycles. The van der Waals surface area contributed by atoms with Crippen molar-refractivity contribution in [1.29, 1.82) is 0 Å². The predicted octanol–water partition coefficient (Wildman–Crippen LogP) is 2.21. The molecule has 1 aromatic rings.